The molecule has 0 aliphatic carbocycles. The summed E-state index contributed by atoms with van der Waals surface area (Å²) < 4.78 is 5.67. The fourth-order valence-corrected chi connectivity index (χ4v) is 3.05. The van der Waals surface area contributed by atoms with Gasteiger partial charge in [-0.25, -0.2) is 0 Å². The van der Waals surface area contributed by atoms with Gasteiger partial charge >= 0.3 is 0 Å². The molecule has 0 radical (unpaired) electrons. The molecular weight excluding hydrogens is 410 g/mol. The molecular formula is C24H31N3O3S. The zero-order valence-corrected chi connectivity index (χ0v) is 19.4. The first-order valence-electron chi connectivity index (χ1n) is 10.6. The maximum absolute atomic E-state index is 12.4. The molecule has 2 N–H and O–H groups in total. The van der Waals surface area contributed by atoms with Crippen molar-refractivity contribution in [3.63, 3.8) is 0 Å². The molecule has 0 saturated carbocycles. The first-order valence-corrected chi connectivity index (χ1v) is 11.0. The first-order chi connectivity index (χ1) is 14.8. The molecule has 31 heavy (non-hydrogen) atoms. The summed E-state index contributed by atoms with van der Waals surface area (Å²) in [7, 11) is 0. The summed E-state index contributed by atoms with van der Waals surface area (Å²) in [5, 5.41) is 5.81. The van der Waals surface area contributed by atoms with Crippen molar-refractivity contribution in [1.29, 1.82) is 0 Å². The van der Waals surface area contributed by atoms with E-state index in [-0.39, 0.29) is 16.9 Å². The first kappa shape index (κ1) is 24.3. The Bertz CT molecular complexity index is 876. The van der Waals surface area contributed by atoms with Crippen molar-refractivity contribution in [3.05, 3.63) is 59.7 Å². The van der Waals surface area contributed by atoms with Gasteiger partial charge in [0.1, 0.15) is 5.75 Å². The number of rotatable bonds is 9. The number of thiocarbonyl (C=S) groups is 1. The molecule has 0 saturated heterocycles. The number of nitrogens with one attached hydrogen (secondary N) is 2. The average molecular weight is 442 g/mol. The van der Waals surface area contributed by atoms with E-state index in [9.17, 15) is 9.59 Å². The Morgan fingerprint density at radius 1 is 0.968 bits per heavy atom. The van der Waals surface area contributed by atoms with E-state index in [4.69, 9.17) is 17.0 Å². The lowest BCUT2D eigenvalue weighted by Crippen LogP contribution is -2.34. The maximum atomic E-state index is 12.4. The topological polar surface area (TPSA) is 70.7 Å². The number of carbonyl (C=O) groups is 2. The molecule has 2 aromatic rings. The minimum absolute atomic E-state index is 0.0101. The van der Waals surface area contributed by atoms with Gasteiger partial charge in [0.2, 0.25) is 0 Å². The molecule has 7 heteroatoms. The molecule has 166 valence electrons. The maximum Gasteiger partial charge on any atom is 0.257 e. The lowest BCUT2D eigenvalue weighted by atomic mass is 10.1. The van der Waals surface area contributed by atoms with E-state index in [1.54, 1.807) is 53.4 Å². The van der Waals surface area contributed by atoms with Crippen LogP contribution in [0.25, 0.3) is 0 Å². The molecule has 2 aromatic carbocycles. The Morgan fingerprint density at radius 2 is 1.55 bits per heavy atom. The molecule has 0 aromatic heterocycles. The zero-order valence-electron chi connectivity index (χ0n) is 18.6. The molecule has 0 heterocycles. The van der Waals surface area contributed by atoms with Gasteiger partial charge in [0, 0.05) is 29.9 Å². The third-order valence-corrected chi connectivity index (χ3v) is 4.95. The fraction of sp³-hybridized carbons (Fsp3) is 0.375. The average Bonchev–Trinajstić information content (AvgIpc) is 2.75. The second kappa shape index (κ2) is 12.1. The number of amides is 2. The third kappa shape index (κ3) is 7.68. The minimum atomic E-state index is -0.306. The third-order valence-electron chi connectivity index (χ3n) is 4.75. The molecule has 0 atom stereocenters. The van der Waals surface area contributed by atoms with Crippen molar-refractivity contribution in [2.75, 3.05) is 25.0 Å². The molecule has 2 rings (SSSR count). The Kier molecular flexibility index (Phi) is 9.46. The molecule has 6 nitrogen and oxygen atoms in total. The number of carbonyl (C=O) groups excluding carboxylic acids is 2. The molecule has 2 amide bonds. The minimum Gasteiger partial charge on any atom is -0.494 e. The van der Waals surface area contributed by atoms with Crippen LogP contribution in [0, 0.1) is 5.92 Å². The van der Waals surface area contributed by atoms with Gasteiger partial charge in [-0.15, -0.1) is 0 Å². The van der Waals surface area contributed by atoms with Crippen LogP contribution in [0.4, 0.5) is 5.69 Å². The smallest absolute Gasteiger partial charge is 0.257 e. The summed E-state index contributed by atoms with van der Waals surface area (Å²) in [6.45, 7) is 10.2. The van der Waals surface area contributed by atoms with Crippen LogP contribution >= 0.6 is 12.2 Å². The standard InChI is InChI=1S/C24H31N3O3S/c1-5-27(6-2)23(29)19-7-11-20(12-8-19)25-24(31)26-22(28)18-9-13-21(14-10-18)30-16-15-17(3)4/h7-14,17H,5-6,15-16H2,1-4H3,(H2,25,26,28,31). The zero-order chi connectivity index (χ0) is 22.8. The van der Waals surface area contributed by atoms with Crippen molar-refractivity contribution < 1.29 is 14.3 Å². The van der Waals surface area contributed by atoms with Crippen LogP contribution in [0.5, 0.6) is 5.75 Å². The summed E-state index contributed by atoms with van der Waals surface area (Å²) in [6.07, 6.45) is 0.979. The van der Waals surface area contributed by atoms with Crippen LogP contribution in [-0.2, 0) is 0 Å². The van der Waals surface area contributed by atoms with Crippen LogP contribution in [0.3, 0.4) is 0 Å². The highest BCUT2D eigenvalue weighted by atomic mass is 32.1. The highest BCUT2D eigenvalue weighted by Gasteiger charge is 2.13. The molecule has 0 aliphatic heterocycles. The molecule has 0 fully saturated rings. The van der Waals surface area contributed by atoms with Gasteiger partial charge in [-0.2, -0.15) is 0 Å². The monoisotopic (exact) mass is 441 g/mol. The van der Waals surface area contributed by atoms with Crippen LogP contribution in [0.15, 0.2) is 48.5 Å². The van der Waals surface area contributed by atoms with Gasteiger partial charge in [0.15, 0.2) is 5.11 Å². The largest absolute Gasteiger partial charge is 0.494 e. The predicted molar refractivity (Wildman–Crippen MR) is 129 cm³/mol. The van der Waals surface area contributed by atoms with E-state index in [0.29, 0.717) is 42.4 Å². The van der Waals surface area contributed by atoms with Crippen molar-refractivity contribution in [3.8, 4) is 5.75 Å². The quantitative estimate of drug-likeness (QED) is 0.551. The van der Waals surface area contributed by atoms with Crippen LogP contribution in [0.2, 0.25) is 0 Å². The summed E-state index contributed by atoms with van der Waals surface area (Å²) in [5.41, 5.74) is 1.79. The van der Waals surface area contributed by atoms with Gasteiger partial charge < -0.3 is 15.0 Å². The molecule has 0 unspecified atom stereocenters. The van der Waals surface area contributed by atoms with Crippen molar-refractivity contribution >= 4 is 34.8 Å². The van der Waals surface area contributed by atoms with E-state index >= 15 is 0 Å². The number of benzene rings is 2. The van der Waals surface area contributed by atoms with Crippen molar-refractivity contribution in [1.82, 2.24) is 10.2 Å². The van der Waals surface area contributed by atoms with E-state index in [0.717, 1.165) is 12.2 Å². The summed E-state index contributed by atoms with van der Waals surface area (Å²) in [6, 6.07) is 14.0. The Morgan fingerprint density at radius 3 is 2.10 bits per heavy atom. The Labute approximate surface area is 190 Å². The van der Waals surface area contributed by atoms with Crippen molar-refractivity contribution in [2.45, 2.75) is 34.1 Å². The van der Waals surface area contributed by atoms with Gasteiger partial charge in [-0.3, -0.25) is 14.9 Å². The predicted octanol–water partition coefficient (Wildman–Crippen LogP) is 4.72. The van der Waals surface area contributed by atoms with Gasteiger partial charge in [-0.1, -0.05) is 13.8 Å². The molecule has 0 bridgehead atoms. The normalized spacial score (nSPS) is 10.5. The number of ether oxygens (including phenoxy) is 1. The van der Waals surface area contributed by atoms with Crippen LogP contribution < -0.4 is 15.4 Å². The van der Waals surface area contributed by atoms with E-state index in [1.165, 1.54) is 0 Å². The lowest BCUT2D eigenvalue weighted by molar-refractivity contribution is 0.0772. The highest BCUT2D eigenvalue weighted by Crippen LogP contribution is 2.14. The van der Waals surface area contributed by atoms with Crippen LogP contribution in [-0.4, -0.2) is 41.5 Å². The Balaban J connectivity index is 1.87. The number of nitrogens with zero attached hydrogens (tertiary/aromatic N) is 1. The number of hydrogen-bond donors (Lipinski definition) is 2. The van der Waals surface area contributed by atoms with Crippen LogP contribution in [0.1, 0.15) is 54.8 Å². The second-order valence-corrected chi connectivity index (χ2v) is 7.93. The van der Waals surface area contributed by atoms with E-state index in [2.05, 4.69) is 24.5 Å². The second-order valence-electron chi connectivity index (χ2n) is 7.52. The SMILES string of the molecule is CCN(CC)C(=O)c1ccc(NC(=S)NC(=O)c2ccc(OCCC(C)C)cc2)cc1. The van der Waals surface area contributed by atoms with Crippen molar-refractivity contribution in [2.24, 2.45) is 5.92 Å². The van der Waals surface area contributed by atoms with Gasteiger partial charge in [-0.05, 0) is 86.9 Å². The molecule has 0 spiro atoms. The number of hydrogen-bond acceptors (Lipinski definition) is 4. The molecule has 0 aliphatic rings. The summed E-state index contributed by atoms with van der Waals surface area (Å²) >= 11 is 5.24. The van der Waals surface area contributed by atoms with E-state index < -0.39 is 0 Å². The highest BCUT2D eigenvalue weighted by molar-refractivity contribution is 7.80. The van der Waals surface area contributed by atoms with E-state index in [1.807, 2.05) is 13.8 Å². The summed E-state index contributed by atoms with van der Waals surface area (Å²) in [5.74, 6) is 0.999. The van der Waals surface area contributed by atoms with Gasteiger partial charge in [0.25, 0.3) is 11.8 Å². The lowest BCUT2D eigenvalue weighted by Gasteiger charge is -2.18. The summed E-state index contributed by atoms with van der Waals surface area (Å²) in [4.78, 5) is 26.5. The number of anilines is 1. The Hall–Kier alpha value is -2.93. The fourth-order valence-electron chi connectivity index (χ4n) is 2.84. The van der Waals surface area contributed by atoms with Gasteiger partial charge in [0.05, 0.1) is 6.61 Å².